The third kappa shape index (κ3) is 2.17. The summed E-state index contributed by atoms with van der Waals surface area (Å²) >= 11 is 0. The normalized spacial score (nSPS) is 17.6. The second kappa shape index (κ2) is 4.59. The van der Waals surface area contributed by atoms with Crippen molar-refractivity contribution in [1.82, 2.24) is 4.98 Å². The highest BCUT2D eigenvalue weighted by Crippen LogP contribution is 2.32. The number of hydrogen-bond donors (Lipinski definition) is 2. The van der Waals surface area contributed by atoms with Crippen molar-refractivity contribution in [3.05, 3.63) is 29.5 Å². The lowest BCUT2D eigenvalue weighted by Gasteiger charge is -2.07. The highest BCUT2D eigenvalue weighted by Gasteiger charge is 2.24. The van der Waals surface area contributed by atoms with E-state index in [2.05, 4.69) is 4.98 Å². The Hall–Kier alpha value is -2.01. The molecular weight excluding hydrogens is 246 g/mol. The number of carboxylic acids is 1. The molecule has 1 saturated heterocycles. The first kappa shape index (κ1) is 12.0. The van der Waals surface area contributed by atoms with Gasteiger partial charge in [0.1, 0.15) is 24.2 Å². The van der Waals surface area contributed by atoms with Gasteiger partial charge in [0.15, 0.2) is 0 Å². The van der Waals surface area contributed by atoms with Crippen LogP contribution >= 0.6 is 0 Å². The number of hydrogen-bond acceptors (Lipinski definition) is 3. The van der Waals surface area contributed by atoms with E-state index in [1.165, 1.54) is 0 Å². The van der Waals surface area contributed by atoms with E-state index >= 15 is 0 Å². The summed E-state index contributed by atoms with van der Waals surface area (Å²) < 4.78 is 10.9. The maximum atomic E-state index is 11.2. The molecule has 1 aromatic carbocycles. The van der Waals surface area contributed by atoms with Gasteiger partial charge in [0.05, 0.1) is 12.1 Å². The molecule has 2 aromatic rings. The molecule has 1 fully saturated rings. The van der Waals surface area contributed by atoms with Gasteiger partial charge in [-0.1, -0.05) is 13.0 Å². The van der Waals surface area contributed by atoms with Crippen LogP contribution in [0.2, 0.25) is 0 Å². The highest BCUT2D eigenvalue weighted by atomic mass is 16.6. The molecule has 1 aliphatic heterocycles. The lowest BCUT2D eigenvalue weighted by atomic mass is 10.1. The van der Waals surface area contributed by atoms with E-state index in [0.29, 0.717) is 18.8 Å². The Labute approximate surface area is 110 Å². The van der Waals surface area contributed by atoms with Crippen LogP contribution in [-0.2, 0) is 11.2 Å². The maximum Gasteiger partial charge on any atom is 0.352 e. The van der Waals surface area contributed by atoms with Crippen molar-refractivity contribution in [3.8, 4) is 5.75 Å². The van der Waals surface area contributed by atoms with Gasteiger partial charge < -0.3 is 19.6 Å². The number of carboxylic acid groups (broad SMARTS) is 1. The van der Waals surface area contributed by atoms with E-state index in [4.69, 9.17) is 9.47 Å². The van der Waals surface area contributed by atoms with E-state index in [-0.39, 0.29) is 11.8 Å². The smallest absolute Gasteiger partial charge is 0.352 e. The molecule has 2 heterocycles. The average molecular weight is 261 g/mol. The molecule has 0 amide bonds. The summed E-state index contributed by atoms with van der Waals surface area (Å²) in [7, 11) is 0. The molecule has 5 heteroatoms. The van der Waals surface area contributed by atoms with Gasteiger partial charge in [-0.2, -0.15) is 0 Å². The molecule has 3 rings (SSSR count). The Balaban J connectivity index is 2.07. The van der Waals surface area contributed by atoms with Gasteiger partial charge in [0, 0.05) is 5.39 Å². The lowest BCUT2D eigenvalue weighted by molar-refractivity contribution is 0.0690. The van der Waals surface area contributed by atoms with Crippen LogP contribution in [0.25, 0.3) is 10.9 Å². The standard InChI is InChI=1S/C14H15NO4/c1-2-9-12-10(15-13(9)14(16)17)4-3-5-11(12)19-7-8-6-18-8/h3-5,8,15H,2,6-7H2,1H3,(H,16,17). The molecule has 100 valence electrons. The van der Waals surface area contributed by atoms with Crippen LogP contribution in [0, 0.1) is 0 Å². The summed E-state index contributed by atoms with van der Waals surface area (Å²) in [5.41, 5.74) is 1.83. The quantitative estimate of drug-likeness (QED) is 0.809. The monoisotopic (exact) mass is 261 g/mol. The van der Waals surface area contributed by atoms with E-state index < -0.39 is 5.97 Å². The molecule has 0 spiro atoms. The van der Waals surface area contributed by atoms with E-state index in [9.17, 15) is 9.90 Å². The Morgan fingerprint density at radius 2 is 2.37 bits per heavy atom. The fourth-order valence-electron chi connectivity index (χ4n) is 2.29. The number of nitrogens with one attached hydrogen (secondary N) is 1. The Bertz CT molecular complexity index is 628. The van der Waals surface area contributed by atoms with Gasteiger partial charge in [-0.3, -0.25) is 0 Å². The minimum atomic E-state index is -0.940. The molecule has 0 saturated carbocycles. The molecule has 5 nitrogen and oxygen atoms in total. The predicted molar refractivity (Wildman–Crippen MR) is 69.9 cm³/mol. The van der Waals surface area contributed by atoms with Crippen molar-refractivity contribution in [1.29, 1.82) is 0 Å². The Kier molecular flexibility index (Phi) is 2.91. The van der Waals surface area contributed by atoms with Crippen LogP contribution in [-0.4, -0.2) is 35.4 Å². The lowest BCUT2D eigenvalue weighted by Crippen LogP contribution is -2.04. The number of rotatable bonds is 5. The van der Waals surface area contributed by atoms with Crippen LogP contribution < -0.4 is 4.74 Å². The molecule has 0 aliphatic carbocycles. The topological polar surface area (TPSA) is 74.8 Å². The summed E-state index contributed by atoms with van der Waals surface area (Å²) in [5, 5.41) is 10.1. The van der Waals surface area contributed by atoms with Crippen LogP contribution in [0.5, 0.6) is 5.75 Å². The van der Waals surface area contributed by atoms with E-state index in [0.717, 1.165) is 23.1 Å². The molecule has 1 aliphatic rings. The van der Waals surface area contributed by atoms with E-state index in [1.807, 2.05) is 25.1 Å². The zero-order valence-electron chi connectivity index (χ0n) is 10.6. The molecule has 1 aromatic heterocycles. The first-order valence-electron chi connectivity index (χ1n) is 6.32. The number of aryl methyl sites for hydroxylation is 1. The maximum absolute atomic E-state index is 11.2. The molecule has 19 heavy (non-hydrogen) atoms. The van der Waals surface area contributed by atoms with Crippen LogP contribution in [0.3, 0.4) is 0 Å². The number of aromatic carboxylic acids is 1. The number of H-pyrrole nitrogens is 1. The van der Waals surface area contributed by atoms with Gasteiger partial charge in [-0.15, -0.1) is 0 Å². The van der Waals surface area contributed by atoms with Crippen molar-refractivity contribution in [3.63, 3.8) is 0 Å². The van der Waals surface area contributed by atoms with Crippen LogP contribution in [0.1, 0.15) is 23.0 Å². The molecule has 0 radical (unpaired) electrons. The van der Waals surface area contributed by atoms with Crippen molar-refractivity contribution < 1.29 is 19.4 Å². The van der Waals surface area contributed by atoms with Crippen molar-refractivity contribution >= 4 is 16.9 Å². The third-order valence-corrected chi connectivity index (χ3v) is 3.28. The first-order chi connectivity index (χ1) is 9.20. The molecular formula is C14H15NO4. The number of fused-ring (bicyclic) bond motifs is 1. The van der Waals surface area contributed by atoms with Gasteiger partial charge in [-0.05, 0) is 24.1 Å². The summed E-state index contributed by atoms with van der Waals surface area (Å²) in [6.45, 7) is 3.19. The minimum absolute atomic E-state index is 0.179. The fourth-order valence-corrected chi connectivity index (χ4v) is 2.29. The molecule has 0 bridgehead atoms. The van der Waals surface area contributed by atoms with Crippen molar-refractivity contribution in [2.24, 2.45) is 0 Å². The SMILES string of the molecule is CCc1c(C(=O)O)[nH]c2cccc(OCC3CO3)c12. The van der Waals surface area contributed by atoms with Crippen LogP contribution in [0.15, 0.2) is 18.2 Å². The van der Waals surface area contributed by atoms with Gasteiger partial charge in [-0.25, -0.2) is 4.79 Å². The largest absolute Gasteiger partial charge is 0.490 e. The number of aromatic amines is 1. The highest BCUT2D eigenvalue weighted by molar-refractivity contribution is 6.00. The molecule has 2 N–H and O–H groups in total. The zero-order chi connectivity index (χ0) is 13.4. The first-order valence-corrected chi connectivity index (χ1v) is 6.32. The van der Waals surface area contributed by atoms with Gasteiger partial charge >= 0.3 is 5.97 Å². The second-order valence-corrected chi connectivity index (χ2v) is 4.58. The minimum Gasteiger partial charge on any atom is -0.490 e. The number of aromatic nitrogens is 1. The average Bonchev–Trinajstić information content (AvgIpc) is 3.14. The number of benzene rings is 1. The second-order valence-electron chi connectivity index (χ2n) is 4.58. The third-order valence-electron chi connectivity index (χ3n) is 3.28. The van der Waals surface area contributed by atoms with Gasteiger partial charge in [0.25, 0.3) is 0 Å². The predicted octanol–water partition coefficient (Wildman–Crippen LogP) is 2.21. The van der Waals surface area contributed by atoms with Crippen LogP contribution in [0.4, 0.5) is 0 Å². The zero-order valence-corrected chi connectivity index (χ0v) is 10.6. The molecule has 1 unspecified atom stereocenters. The Morgan fingerprint density at radius 3 is 3.00 bits per heavy atom. The van der Waals surface area contributed by atoms with E-state index in [1.54, 1.807) is 0 Å². The number of epoxide rings is 1. The van der Waals surface area contributed by atoms with Crippen molar-refractivity contribution in [2.75, 3.05) is 13.2 Å². The Morgan fingerprint density at radius 1 is 1.58 bits per heavy atom. The summed E-state index contributed by atoms with van der Waals surface area (Å²) in [5.74, 6) is -0.224. The number of ether oxygens (including phenoxy) is 2. The summed E-state index contributed by atoms with van der Waals surface area (Å²) in [6, 6.07) is 5.58. The summed E-state index contributed by atoms with van der Waals surface area (Å²) in [4.78, 5) is 14.2. The summed E-state index contributed by atoms with van der Waals surface area (Å²) in [6.07, 6.45) is 0.820. The number of carbonyl (C=O) groups is 1. The van der Waals surface area contributed by atoms with Gasteiger partial charge in [0.2, 0.25) is 0 Å². The fraction of sp³-hybridized carbons (Fsp3) is 0.357. The van der Waals surface area contributed by atoms with Crippen molar-refractivity contribution in [2.45, 2.75) is 19.4 Å². The molecule has 1 atom stereocenters.